The summed E-state index contributed by atoms with van der Waals surface area (Å²) in [4.78, 5) is 10.8. The van der Waals surface area contributed by atoms with Crippen LogP contribution in [0.5, 0.6) is 0 Å². The Morgan fingerprint density at radius 3 is 2.50 bits per heavy atom. The summed E-state index contributed by atoms with van der Waals surface area (Å²) in [6.45, 7) is 10.3. The van der Waals surface area contributed by atoms with Gasteiger partial charge in [-0.2, -0.15) is 0 Å². The van der Waals surface area contributed by atoms with Gasteiger partial charge in [0.2, 0.25) is 0 Å². The van der Waals surface area contributed by atoms with Crippen molar-refractivity contribution in [3.63, 3.8) is 0 Å². The van der Waals surface area contributed by atoms with Crippen LogP contribution in [0.1, 0.15) is 34.1 Å². The minimum absolute atomic E-state index is 0.468. The average Bonchev–Trinajstić information content (AvgIpc) is 2.15. The van der Waals surface area contributed by atoms with Crippen molar-refractivity contribution in [2.24, 2.45) is 11.3 Å². The third kappa shape index (κ3) is 7.65. The lowest BCUT2D eigenvalue weighted by atomic mass is 9.94. The van der Waals surface area contributed by atoms with Crippen molar-refractivity contribution in [1.82, 2.24) is 5.32 Å². The number of carbonyl (C=O) groups is 1. The van der Waals surface area contributed by atoms with Gasteiger partial charge in [0.25, 0.3) is 0 Å². The summed E-state index contributed by atoms with van der Waals surface area (Å²) in [7, 11) is 0. The predicted molar refractivity (Wildman–Crippen MR) is 64.6 cm³/mol. The van der Waals surface area contributed by atoms with Crippen LogP contribution in [0.25, 0.3) is 0 Å². The Morgan fingerprint density at radius 1 is 1.38 bits per heavy atom. The van der Waals surface area contributed by atoms with E-state index in [1.807, 2.05) is 0 Å². The maximum Gasteiger partial charge on any atom is 0.310 e. The number of hydrogen-bond acceptors (Lipinski definition) is 3. The Bertz CT molecular complexity index is 202. The highest BCUT2D eigenvalue weighted by Crippen LogP contribution is 2.12. The zero-order valence-corrected chi connectivity index (χ0v) is 10.9. The number of nitrogens with one attached hydrogen (secondary N) is 1. The first-order chi connectivity index (χ1) is 7.36. The van der Waals surface area contributed by atoms with Crippen molar-refractivity contribution in [3.8, 4) is 0 Å². The van der Waals surface area contributed by atoms with Gasteiger partial charge in [-0.15, -0.1) is 0 Å². The van der Waals surface area contributed by atoms with E-state index in [0.717, 1.165) is 13.0 Å². The third-order valence-corrected chi connectivity index (χ3v) is 2.41. The number of hydrogen-bond donors (Lipinski definition) is 2. The SMILES string of the molecule is CC(C)CCOCCNCC(C)(C)C(=O)O. The lowest BCUT2D eigenvalue weighted by molar-refractivity contribution is -0.146. The van der Waals surface area contributed by atoms with Crippen LogP contribution >= 0.6 is 0 Å². The van der Waals surface area contributed by atoms with Crippen molar-refractivity contribution in [2.45, 2.75) is 34.1 Å². The molecule has 0 heterocycles. The standard InChI is InChI=1S/C12H25NO3/c1-10(2)5-7-16-8-6-13-9-12(3,4)11(14)15/h10,13H,5-9H2,1-4H3,(H,14,15). The molecule has 0 bridgehead atoms. The molecule has 96 valence electrons. The van der Waals surface area contributed by atoms with Crippen LogP contribution in [0.4, 0.5) is 0 Å². The summed E-state index contributed by atoms with van der Waals surface area (Å²) in [6, 6.07) is 0. The summed E-state index contributed by atoms with van der Waals surface area (Å²) >= 11 is 0. The average molecular weight is 231 g/mol. The topological polar surface area (TPSA) is 58.6 Å². The number of carboxylic acid groups (broad SMARTS) is 1. The second-order valence-corrected chi connectivity index (χ2v) is 5.16. The largest absolute Gasteiger partial charge is 0.481 e. The van der Waals surface area contributed by atoms with Crippen molar-refractivity contribution in [1.29, 1.82) is 0 Å². The fourth-order valence-electron chi connectivity index (χ4n) is 1.04. The van der Waals surface area contributed by atoms with E-state index >= 15 is 0 Å². The van der Waals surface area contributed by atoms with Gasteiger partial charge in [-0.3, -0.25) is 4.79 Å². The van der Waals surface area contributed by atoms with Crippen LogP contribution in [0.15, 0.2) is 0 Å². The van der Waals surface area contributed by atoms with E-state index in [1.165, 1.54) is 0 Å². The molecule has 0 amide bonds. The molecule has 4 heteroatoms. The molecule has 0 fully saturated rings. The molecule has 0 aliphatic carbocycles. The molecule has 4 nitrogen and oxygen atoms in total. The van der Waals surface area contributed by atoms with Gasteiger partial charge in [-0.1, -0.05) is 13.8 Å². The van der Waals surface area contributed by atoms with Crippen molar-refractivity contribution in [3.05, 3.63) is 0 Å². The van der Waals surface area contributed by atoms with Gasteiger partial charge in [0.1, 0.15) is 0 Å². The quantitative estimate of drug-likeness (QED) is 0.594. The monoisotopic (exact) mass is 231 g/mol. The van der Waals surface area contributed by atoms with Gasteiger partial charge >= 0.3 is 5.97 Å². The predicted octanol–water partition coefficient (Wildman–Crippen LogP) is 1.75. The molecule has 0 aliphatic heterocycles. The highest BCUT2D eigenvalue weighted by atomic mass is 16.5. The molecule has 16 heavy (non-hydrogen) atoms. The van der Waals surface area contributed by atoms with Crippen LogP contribution < -0.4 is 5.32 Å². The van der Waals surface area contributed by atoms with Gasteiger partial charge in [0, 0.05) is 19.7 Å². The van der Waals surface area contributed by atoms with E-state index in [0.29, 0.717) is 25.6 Å². The smallest absolute Gasteiger partial charge is 0.310 e. The Kier molecular flexibility index (Phi) is 7.34. The molecule has 0 spiro atoms. The molecule has 0 saturated carbocycles. The second-order valence-electron chi connectivity index (χ2n) is 5.16. The number of ether oxygens (including phenoxy) is 1. The fourth-order valence-corrected chi connectivity index (χ4v) is 1.04. The van der Waals surface area contributed by atoms with Crippen LogP contribution in [0.3, 0.4) is 0 Å². The molecule has 0 unspecified atom stereocenters. The van der Waals surface area contributed by atoms with E-state index in [4.69, 9.17) is 9.84 Å². The summed E-state index contributed by atoms with van der Waals surface area (Å²) in [5.41, 5.74) is -0.710. The molecule has 0 saturated heterocycles. The Balaban J connectivity index is 3.37. The highest BCUT2D eigenvalue weighted by molar-refractivity contribution is 5.73. The molecule has 0 aromatic heterocycles. The first-order valence-corrected chi connectivity index (χ1v) is 5.88. The molecule has 0 radical (unpaired) electrons. The van der Waals surface area contributed by atoms with E-state index < -0.39 is 11.4 Å². The van der Waals surface area contributed by atoms with Gasteiger partial charge in [0.05, 0.1) is 12.0 Å². The lowest BCUT2D eigenvalue weighted by Crippen LogP contribution is -2.37. The minimum Gasteiger partial charge on any atom is -0.481 e. The molecular formula is C12H25NO3. The van der Waals surface area contributed by atoms with Crippen molar-refractivity contribution >= 4 is 5.97 Å². The first kappa shape index (κ1) is 15.4. The normalized spacial score (nSPS) is 12.1. The molecule has 0 aliphatic rings. The third-order valence-electron chi connectivity index (χ3n) is 2.41. The Hall–Kier alpha value is -0.610. The van der Waals surface area contributed by atoms with Crippen LogP contribution in [0.2, 0.25) is 0 Å². The highest BCUT2D eigenvalue weighted by Gasteiger charge is 2.26. The maximum absolute atomic E-state index is 10.8. The number of rotatable bonds is 9. The van der Waals surface area contributed by atoms with Gasteiger partial charge in [-0.25, -0.2) is 0 Å². The number of aliphatic carboxylic acids is 1. The molecule has 0 rings (SSSR count). The van der Waals surface area contributed by atoms with Crippen LogP contribution in [0, 0.1) is 11.3 Å². The lowest BCUT2D eigenvalue weighted by Gasteiger charge is -2.19. The minimum atomic E-state index is -0.777. The van der Waals surface area contributed by atoms with Crippen LogP contribution in [-0.2, 0) is 9.53 Å². The maximum atomic E-state index is 10.8. The zero-order chi connectivity index (χ0) is 12.6. The van der Waals surface area contributed by atoms with Crippen LogP contribution in [-0.4, -0.2) is 37.4 Å². The Labute approximate surface area is 98.4 Å². The summed E-state index contributed by atoms with van der Waals surface area (Å²) in [5.74, 6) is -0.111. The Morgan fingerprint density at radius 2 is 2.00 bits per heavy atom. The van der Waals surface area contributed by atoms with E-state index in [2.05, 4.69) is 19.2 Å². The molecular weight excluding hydrogens is 206 g/mol. The summed E-state index contributed by atoms with van der Waals surface area (Å²) < 4.78 is 5.41. The summed E-state index contributed by atoms with van der Waals surface area (Å²) in [5, 5.41) is 12.0. The summed E-state index contributed by atoms with van der Waals surface area (Å²) in [6.07, 6.45) is 1.07. The van der Waals surface area contributed by atoms with E-state index in [1.54, 1.807) is 13.8 Å². The number of carboxylic acids is 1. The first-order valence-electron chi connectivity index (χ1n) is 5.88. The second kappa shape index (κ2) is 7.63. The molecule has 2 N–H and O–H groups in total. The van der Waals surface area contributed by atoms with E-state index in [9.17, 15) is 4.79 Å². The van der Waals surface area contributed by atoms with Crippen molar-refractivity contribution < 1.29 is 14.6 Å². The molecule has 0 aromatic rings. The van der Waals surface area contributed by atoms with Crippen molar-refractivity contribution in [2.75, 3.05) is 26.3 Å². The fraction of sp³-hybridized carbons (Fsp3) is 0.917. The molecule has 0 atom stereocenters. The zero-order valence-electron chi connectivity index (χ0n) is 10.9. The van der Waals surface area contributed by atoms with Gasteiger partial charge < -0.3 is 15.2 Å². The van der Waals surface area contributed by atoms with Gasteiger partial charge in [0.15, 0.2) is 0 Å². The molecule has 0 aromatic carbocycles. The van der Waals surface area contributed by atoms with E-state index in [-0.39, 0.29) is 0 Å². The van der Waals surface area contributed by atoms with Gasteiger partial charge in [-0.05, 0) is 26.2 Å².